The van der Waals surface area contributed by atoms with Crippen LogP contribution < -0.4 is 20.9 Å². The Hall–Kier alpha value is -4.01. The van der Waals surface area contributed by atoms with E-state index >= 15 is 0 Å². The molecule has 37 heavy (non-hydrogen) atoms. The number of urea groups is 1. The highest BCUT2D eigenvalue weighted by molar-refractivity contribution is 6.04. The molecule has 0 saturated carbocycles. The molecule has 9 heteroatoms. The summed E-state index contributed by atoms with van der Waals surface area (Å²) in [6.45, 7) is 2.17. The SMILES string of the molecule is O=C(Nc1ccc(C(F)(F)F)cc1)Nc1ccc(N2CCCCC2)c(C(=O)NCCc2ccccc2)c1. The van der Waals surface area contributed by atoms with E-state index in [1.165, 1.54) is 12.1 Å². The van der Waals surface area contributed by atoms with Gasteiger partial charge in [-0.3, -0.25) is 4.79 Å². The van der Waals surface area contributed by atoms with Crippen LogP contribution >= 0.6 is 0 Å². The Labute approximate surface area is 213 Å². The minimum Gasteiger partial charge on any atom is -0.371 e. The molecule has 1 aliphatic heterocycles. The Bertz CT molecular complexity index is 1210. The number of amides is 3. The van der Waals surface area contributed by atoms with Crippen molar-refractivity contribution in [3.05, 3.63) is 89.5 Å². The van der Waals surface area contributed by atoms with E-state index in [4.69, 9.17) is 0 Å². The largest absolute Gasteiger partial charge is 0.416 e. The second kappa shape index (κ2) is 11.8. The number of carbonyl (C=O) groups is 2. The quantitative estimate of drug-likeness (QED) is 0.349. The van der Waals surface area contributed by atoms with Crippen molar-refractivity contribution in [3.8, 4) is 0 Å². The van der Waals surface area contributed by atoms with Crippen molar-refractivity contribution >= 4 is 29.0 Å². The van der Waals surface area contributed by atoms with Gasteiger partial charge in [0, 0.05) is 36.7 Å². The Morgan fingerprint density at radius 1 is 0.811 bits per heavy atom. The number of piperidine rings is 1. The van der Waals surface area contributed by atoms with Crippen LogP contribution in [0.3, 0.4) is 0 Å². The smallest absolute Gasteiger partial charge is 0.371 e. The summed E-state index contributed by atoms with van der Waals surface area (Å²) in [5.74, 6) is -0.233. The molecule has 3 aromatic rings. The zero-order valence-electron chi connectivity index (χ0n) is 20.3. The molecule has 0 bridgehead atoms. The fraction of sp³-hybridized carbons (Fsp3) is 0.286. The van der Waals surface area contributed by atoms with E-state index in [1.54, 1.807) is 12.1 Å². The summed E-state index contributed by atoms with van der Waals surface area (Å²) in [6.07, 6.45) is -0.512. The number of nitrogens with zero attached hydrogens (tertiary/aromatic N) is 1. The van der Waals surface area contributed by atoms with Crippen molar-refractivity contribution in [2.75, 3.05) is 35.2 Å². The fourth-order valence-corrected chi connectivity index (χ4v) is 4.30. The molecule has 0 atom stereocenters. The highest BCUT2D eigenvalue weighted by Gasteiger charge is 2.30. The van der Waals surface area contributed by atoms with E-state index in [0.29, 0.717) is 24.2 Å². The van der Waals surface area contributed by atoms with Crippen molar-refractivity contribution in [2.45, 2.75) is 31.9 Å². The molecule has 4 rings (SSSR count). The van der Waals surface area contributed by atoms with Gasteiger partial charge in [0.05, 0.1) is 11.1 Å². The van der Waals surface area contributed by atoms with Crippen LogP contribution in [-0.4, -0.2) is 31.6 Å². The second-order valence-corrected chi connectivity index (χ2v) is 8.93. The first kappa shape index (κ1) is 26.1. The Balaban J connectivity index is 1.45. The lowest BCUT2D eigenvalue weighted by atomic mass is 10.1. The van der Waals surface area contributed by atoms with E-state index in [2.05, 4.69) is 20.9 Å². The maximum Gasteiger partial charge on any atom is 0.416 e. The number of rotatable bonds is 7. The monoisotopic (exact) mass is 510 g/mol. The van der Waals surface area contributed by atoms with Gasteiger partial charge < -0.3 is 20.9 Å². The summed E-state index contributed by atoms with van der Waals surface area (Å²) in [4.78, 5) is 27.9. The number of halogens is 3. The van der Waals surface area contributed by atoms with Crippen LogP contribution in [0.15, 0.2) is 72.8 Å². The van der Waals surface area contributed by atoms with Crippen molar-refractivity contribution < 1.29 is 22.8 Å². The lowest BCUT2D eigenvalue weighted by Crippen LogP contribution is -2.33. The van der Waals surface area contributed by atoms with Crippen molar-refractivity contribution in [1.82, 2.24) is 5.32 Å². The summed E-state index contributed by atoms with van der Waals surface area (Å²) < 4.78 is 38.3. The molecule has 3 amide bonds. The Morgan fingerprint density at radius 3 is 2.14 bits per heavy atom. The molecule has 3 N–H and O–H groups in total. The van der Waals surface area contributed by atoms with E-state index < -0.39 is 17.8 Å². The molecule has 194 valence electrons. The maximum atomic E-state index is 13.2. The van der Waals surface area contributed by atoms with Gasteiger partial charge in [0.2, 0.25) is 0 Å². The van der Waals surface area contributed by atoms with Crippen LogP contribution in [0.25, 0.3) is 0 Å². The van der Waals surface area contributed by atoms with Gasteiger partial charge in [-0.1, -0.05) is 30.3 Å². The van der Waals surface area contributed by atoms with Crippen molar-refractivity contribution in [2.24, 2.45) is 0 Å². The lowest BCUT2D eigenvalue weighted by molar-refractivity contribution is -0.137. The van der Waals surface area contributed by atoms with E-state index in [-0.39, 0.29) is 11.6 Å². The number of hydrogen-bond donors (Lipinski definition) is 3. The van der Waals surface area contributed by atoms with Crippen LogP contribution in [0, 0.1) is 0 Å². The first-order valence-corrected chi connectivity index (χ1v) is 12.3. The van der Waals surface area contributed by atoms with E-state index in [1.807, 2.05) is 36.4 Å². The van der Waals surface area contributed by atoms with Crippen molar-refractivity contribution in [1.29, 1.82) is 0 Å². The molecule has 0 aliphatic carbocycles. The molecule has 0 radical (unpaired) electrons. The van der Waals surface area contributed by atoms with Crippen LogP contribution in [0.2, 0.25) is 0 Å². The molecule has 1 saturated heterocycles. The third-order valence-corrected chi connectivity index (χ3v) is 6.21. The molecule has 0 unspecified atom stereocenters. The third kappa shape index (κ3) is 7.25. The fourth-order valence-electron chi connectivity index (χ4n) is 4.30. The summed E-state index contributed by atoms with van der Waals surface area (Å²) in [7, 11) is 0. The number of carbonyl (C=O) groups excluding carboxylic acids is 2. The molecular weight excluding hydrogens is 481 g/mol. The molecule has 0 aromatic heterocycles. The summed E-state index contributed by atoms with van der Waals surface area (Å²) in [5.41, 5.74) is 2.21. The predicted molar refractivity (Wildman–Crippen MR) is 139 cm³/mol. The van der Waals surface area contributed by atoms with Gasteiger partial charge in [-0.15, -0.1) is 0 Å². The summed E-state index contributed by atoms with van der Waals surface area (Å²) in [5, 5.41) is 8.17. The zero-order chi connectivity index (χ0) is 26.3. The van der Waals surface area contributed by atoms with Crippen LogP contribution in [0.4, 0.5) is 35.0 Å². The van der Waals surface area contributed by atoms with Crippen LogP contribution in [0.5, 0.6) is 0 Å². The summed E-state index contributed by atoms with van der Waals surface area (Å²) in [6, 6.07) is 18.6. The zero-order valence-corrected chi connectivity index (χ0v) is 20.3. The Kier molecular flexibility index (Phi) is 8.32. The van der Waals surface area contributed by atoms with Gasteiger partial charge in [0.15, 0.2) is 0 Å². The average molecular weight is 511 g/mol. The van der Waals surface area contributed by atoms with Gasteiger partial charge in [-0.25, -0.2) is 4.79 Å². The number of alkyl halides is 3. The average Bonchev–Trinajstić information content (AvgIpc) is 2.89. The van der Waals surface area contributed by atoms with Gasteiger partial charge >= 0.3 is 12.2 Å². The van der Waals surface area contributed by atoms with Gasteiger partial charge in [-0.05, 0) is 73.7 Å². The molecule has 1 fully saturated rings. The second-order valence-electron chi connectivity index (χ2n) is 8.93. The number of hydrogen-bond acceptors (Lipinski definition) is 3. The molecule has 1 aliphatic rings. The topological polar surface area (TPSA) is 73.5 Å². The number of benzene rings is 3. The standard InChI is InChI=1S/C28H29F3N4O2/c29-28(30,31)21-9-11-22(12-10-21)33-27(37)34-23-13-14-25(35-17-5-2-6-18-35)24(19-23)26(36)32-16-15-20-7-3-1-4-8-20/h1,3-4,7-14,19H,2,5-6,15-18H2,(H,32,36)(H2,33,34,37). The molecule has 3 aromatic carbocycles. The minimum atomic E-state index is -4.45. The third-order valence-electron chi connectivity index (χ3n) is 6.21. The predicted octanol–water partition coefficient (Wildman–Crippen LogP) is 6.31. The molecule has 1 heterocycles. The molecular formula is C28H29F3N4O2. The maximum absolute atomic E-state index is 13.2. The van der Waals surface area contributed by atoms with Crippen LogP contribution in [-0.2, 0) is 12.6 Å². The van der Waals surface area contributed by atoms with Crippen molar-refractivity contribution in [3.63, 3.8) is 0 Å². The first-order valence-electron chi connectivity index (χ1n) is 12.3. The van der Waals surface area contributed by atoms with Gasteiger partial charge in [0.25, 0.3) is 5.91 Å². The number of nitrogens with one attached hydrogen (secondary N) is 3. The molecule has 6 nitrogen and oxygen atoms in total. The van der Waals surface area contributed by atoms with E-state index in [0.717, 1.165) is 55.7 Å². The van der Waals surface area contributed by atoms with Gasteiger partial charge in [-0.2, -0.15) is 13.2 Å². The summed E-state index contributed by atoms with van der Waals surface area (Å²) >= 11 is 0. The highest BCUT2D eigenvalue weighted by Crippen LogP contribution is 2.30. The Morgan fingerprint density at radius 2 is 1.46 bits per heavy atom. The number of anilines is 3. The van der Waals surface area contributed by atoms with Gasteiger partial charge in [0.1, 0.15) is 0 Å². The van der Waals surface area contributed by atoms with E-state index in [9.17, 15) is 22.8 Å². The lowest BCUT2D eigenvalue weighted by Gasteiger charge is -2.30. The normalized spacial score (nSPS) is 13.6. The highest BCUT2D eigenvalue weighted by atomic mass is 19.4. The molecule has 0 spiro atoms. The van der Waals surface area contributed by atoms with Crippen LogP contribution in [0.1, 0.15) is 40.7 Å². The minimum absolute atomic E-state index is 0.217. The first-order chi connectivity index (χ1) is 17.8.